The van der Waals surface area contributed by atoms with Crippen LogP contribution in [0.5, 0.6) is 0 Å². The van der Waals surface area contributed by atoms with Crippen LogP contribution in [0.4, 0.5) is 9.52 Å². The molecule has 1 aliphatic heterocycles. The Morgan fingerprint density at radius 2 is 1.94 bits per heavy atom. The summed E-state index contributed by atoms with van der Waals surface area (Å²) in [6, 6.07) is 14.1. The number of hydrogen-bond donors (Lipinski definition) is 2. The number of halogens is 1. The lowest BCUT2D eigenvalue weighted by atomic mass is 9.98. The first-order valence-electron chi connectivity index (χ1n) is 11.2. The Morgan fingerprint density at radius 3 is 2.62 bits per heavy atom. The van der Waals surface area contributed by atoms with Crippen molar-refractivity contribution in [2.24, 2.45) is 22.6 Å². The summed E-state index contributed by atoms with van der Waals surface area (Å²) in [5.41, 5.74) is 7.90. The van der Waals surface area contributed by atoms with Gasteiger partial charge >= 0.3 is 0 Å². The summed E-state index contributed by atoms with van der Waals surface area (Å²) in [6.07, 6.45) is 1.68. The molecule has 1 amide bonds. The van der Waals surface area contributed by atoms with Gasteiger partial charge in [0.15, 0.2) is 0 Å². The smallest absolute Gasteiger partial charge is 0.263 e. The number of hydrazone groups is 1. The van der Waals surface area contributed by atoms with Crippen molar-refractivity contribution in [2.45, 2.75) is 26.3 Å². The fourth-order valence-corrected chi connectivity index (χ4v) is 4.70. The summed E-state index contributed by atoms with van der Waals surface area (Å²) in [5.74, 6) is 5.03. The van der Waals surface area contributed by atoms with Crippen LogP contribution in [0.15, 0.2) is 53.6 Å². The van der Waals surface area contributed by atoms with Crippen molar-refractivity contribution in [1.82, 2.24) is 15.1 Å². The normalized spacial score (nSPS) is 14.7. The van der Waals surface area contributed by atoms with E-state index >= 15 is 0 Å². The van der Waals surface area contributed by atoms with Gasteiger partial charge < -0.3 is 11.6 Å². The van der Waals surface area contributed by atoms with Crippen LogP contribution in [0, 0.1) is 11.7 Å². The summed E-state index contributed by atoms with van der Waals surface area (Å²) in [5, 5.41) is 13.3. The highest BCUT2D eigenvalue weighted by Gasteiger charge is 2.29. The van der Waals surface area contributed by atoms with Crippen LogP contribution in [-0.4, -0.2) is 46.5 Å². The van der Waals surface area contributed by atoms with E-state index in [1.54, 1.807) is 12.1 Å². The second-order valence-corrected chi connectivity index (χ2v) is 9.28. The molecule has 3 aromatic rings. The predicted octanol–water partition coefficient (Wildman–Crippen LogP) is 3.45. The molecule has 0 spiro atoms. The molecule has 0 saturated carbocycles. The van der Waals surface area contributed by atoms with Crippen molar-refractivity contribution in [3.05, 3.63) is 65.5 Å². The van der Waals surface area contributed by atoms with E-state index in [1.807, 2.05) is 19.1 Å². The van der Waals surface area contributed by atoms with E-state index in [0.717, 1.165) is 38.0 Å². The highest BCUT2D eigenvalue weighted by Crippen LogP contribution is 2.30. The fraction of sp³-hybridized carbons (Fsp3) is 0.333. The molecule has 10 heteroatoms. The first kappa shape index (κ1) is 23.8. The summed E-state index contributed by atoms with van der Waals surface area (Å²) < 4.78 is 14.2. The summed E-state index contributed by atoms with van der Waals surface area (Å²) in [4.78, 5) is 16.9. The van der Waals surface area contributed by atoms with Crippen LogP contribution in [0.2, 0.25) is 0 Å². The van der Waals surface area contributed by atoms with Crippen LogP contribution in [0.1, 0.15) is 35.7 Å². The zero-order valence-electron chi connectivity index (χ0n) is 19.0. The first-order valence-corrected chi connectivity index (χ1v) is 12.1. The number of aromatic nitrogens is 2. The van der Waals surface area contributed by atoms with Crippen LogP contribution >= 0.6 is 11.3 Å². The Bertz CT molecular complexity index is 1160. The molecular formula is C24H28FN7OS. The minimum absolute atomic E-state index is 0.0347. The van der Waals surface area contributed by atoms with Crippen molar-refractivity contribution < 1.29 is 9.18 Å². The average molecular weight is 482 g/mol. The largest absolute Gasteiger partial charge is 0.385 e. The number of amides is 1. The number of carbonyl (C=O) groups excluding carboxylic acids is 1. The maximum absolute atomic E-state index is 14.2. The molecule has 4 rings (SSSR count). The second-order valence-electron chi connectivity index (χ2n) is 8.32. The average Bonchev–Trinajstić information content (AvgIpc) is 3.31. The third kappa shape index (κ3) is 5.23. The van der Waals surface area contributed by atoms with Gasteiger partial charge in [-0.3, -0.25) is 14.6 Å². The summed E-state index contributed by atoms with van der Waals surface area (Å²) >= 11 is 1.33. The molecule has 0 bridgehead atoms. The number of amidine groups is 1. The van der Waals surface area contributed by atoms with Gasteiger partial charge in [0.05, 0.1) is 5.56 Å². The van der Waals surface area contributed by atoms with Crippen LogP contribution in [0.25, 0.3) is 10.6 Å². The number of hydrogen-bond acceptors (Lipinski definition) is 7. The van der Waals surface area contributed by atoms with Gasteiger partial charge in [0.1, 0.15) is 16.7 Å². The quantitative estimate of drug-likeness (QED) is 0.209. The van der Waals surface area contributed by atoms with Gasteiger partial charge in [-0.05, 0) is 24.1 Å². The number of nitrogens with two attached hydrogens (primary N) is 2. The molecule has 0 radical (unpaired) electrons. The summed E-state index contributed by atoms with van der Waals surface area (Å²) in [7, 11) is 0. The molecule has 0 atom stereocenters. The second kappa shape index (κ2) is 10.7. The molecule has 8 nitrogen and oxygen atoms in total. The van der Waals surface area contributed by atoms with E-state index in [-0.39, 0.29) is 11.5 Å². The van der Waals surface area contributed by atoms with Crippen LogP contribution in [0.3, 0.4) is 0 Å². The van der Waals surface area contributed by atoms with Crippen molar-refractivity contribution in [2.75, 3.05) is 24.5 Å². The minimum Gasteiger partial charge on any atom is -0.385 e. The van der Waals surface area contributed by atoms with Crippen molar-refractivity contribution in [3.63, 3.8) is 0 Å². The van der Waals surface area contributed by atoms with E-state index in [0.29, 0.717) is 22.5 Å². The lowest BCUT2D eigenvalue weighted by Gasteiger charge is -2.38. The molecule has 178 valence electrons. The van der Waals surface area contributed by atoms with E-state index in [9.17, 15) is 9.18 Å². The molecule has 0 unspecified atom stereocenters. The number of rotatable bonds is 9. The topological polar surface area (TPSA) is 114 Å². The van der Waals surface area contributed by atoms with E-state index in [1.165, 1.54) is 33.9 Å². The predicted molar refractivity (Wildman–Crippen MR) is 133 cm³/mol. The van der Waals surface area contributed by atoms with Crippen LogP contribution < -0.4 is 16.5 Å². The molecule has 1 fully saturated rings. The maximum atomic E-state index is 14.2. The van der Waals surface area contributed by atoms with Crippen molar-refractivity contribution in [3.8, 4) is 10.6 Å². The summed E-state index contributed by atoms with van der Waals surface area (Å²) in [6.45, 7) is 5.00. The SMILES string of the molecule is CCCCN(C(=O)c1ccccc1F)c1nnc(-c2ccc(CN3CC(/C(N)=N/N)C3)cc2)s1. The monoisotopic (exact) mass is 481 g/mol. The Morgan fingerprint density at radius 1 is 1.21 bits per heavy atom. The molecule has 34 heavy (non-hydrogen) atoms. The van der Waals surface area contributed by atoms with Gasteiger partial charge in [0.2, 0.25) is 5.13 Å². The number of likely N-dealkylation sites (tertiary alicyclic amines) is 1. The van der Waals surface area contributed by atoms with Gasteiger partial charge in [-0.15, -0.1) is 10.2 Å². The number of nitrogens with zero attached hydrogens (tertiary/aromatic N) is 5. The van der Waals surface area contributed by atoms with E-state index in [4.69, 9.17) is 11.6 Å². The maximum Gasteiger partial charge on any atom is 0.263 e. The first-order chi connectivity index (χ1) is 16.5. The fourth-order valence-electron chi connectivity index (χ4n) is 3.82. The highest BCUT2D eigenvalue weighted by molar-refractivity contribution is 7.18. The molecule has 1 saturated heterocycles. The Hall–Kier alpha value is -3.37. The number of anilines is 1. The lowest BCUT2D eigenvalue weighted by molar-refractivity contribution is 0.0982. The van der Waals surface area contributed by atoms with Crippen LogP contribution in [-0.2, 0) is 6.54 Å². The zero-order chi connectivity index (χ0) is 24.1. The molecule has 2 heterocycles. The van der Waals surface area contributed by atoms with Gasteiger partial charge in [-0.1, -0.05) is 61.1 Å². The van der Waals surface area contributed by atoms with Crippen molar-refractivity contribution >= 4 is 28.2 Å². The molecule has 2 aromatic carbocycles. The lowest BCUT2D eigenvalue weighted by Crippen LogP contribution is -2.52. The zero-order valence-corrected chi connectivity index (χ0v) is 19.8. The Kier molecular flexibility index (Phi) is 7.49. The van der Waals surface area contributed by atoms with Gasteiger partial charge in [-0.2, -0.15) is 5.10 Å². The van der Waals surface area contributed by atoms with Gasteiger partial charge in [0.25, 0.3) is 5.91 Å². The van der Waals surface area contributed by atoms with E-state index < -0.39 is 11.7 Å². The number of carbonyl (C=O) groups is 1. The van der Waals surface area contributed by atoms with Gasteiger partial charge in [-0.25, -0.2) is 4.39 Å². The number of benzene rings is 2. The Balaban J connectivity index is 1.45. The highest BCUT2D eigenvalue weighted by atomic mass is 32.1. The molecular weight excluding hydrogens is 453 g/mol. The van der Waals surface area contributed by atoms with Crippen molar-refractivity contribution in [1.29, 1.82) is 0 Å². The molecule has 0 aliphatic carbocycles. The third-order valence-corrected chi connectivity index (χ3v) is 6.86. The van der Waals surface area contributed by atoms with Gasteiger partial charge in [0, 0.05) is 37.7 Å². The molecule has 4 N–H and O–H groups in total. The molecule has 1 aromatic heterocycles. The standard InChI is InChI=1S/C24H28FN7OS/c1-2-3-12-32(23(33)19-6-4-5-7-20(19)25)24-30-29-22(34-24)17-10-8-16(9-11-17)13-31-14-18(15-31)21(26)28-27/h4-11,18H,2-3,12-15,27H2,1H3,(H2,26,28). The minimum atomic E-state index is -0.541. The third-order valence-electron chi connectivity index (χ3n) is 5.86. The number of unbranched alkanes of at least 4 members (excludes halogenated alkanes) is 1. The Labute approximate surface area is 202 Å². The van der Waals surface area contributed by atoms with E-state index in [2.05, 4.69) is 32.3 Å². The molecule has 1 aliphatic rings.